The van der Waals surface area contributed by atoms with E-state index < -0.39 is 10.8 Å². The highest BCUT2D eigenvalue weighted by Crippen LogP contribution is 2.32. The standard InChI is InChI=1S/C22H27NO2/c1-21(2,3)19(24)20(25)22(4,5)16-23(17-12-8-6-9-13-17)18-14-10-7-11-15-18/h6-15H,16H2,1-5H3. The average molecular weight is 337 g/mol. The summed E-state index contributed by atoms with van der Waals surface area (Å²) >= 11 is 0. The number of carbonyl (C=O) groups is 2. The first-order chi connectivity index (χ1) is 11.6. The molecular weight excluding hydrogens is 310 g/mol. The first kappa shape index (κ1) is 18.9. The summed E-state index contributed by atoms with van der Waals surface area (Å²) in [5, 5.41) is 0. The summed E-state index contributed by atoms with van der Waals surface area (Å²) in [5.41, 5.74) is 0.532. The third kappa shape index (κ3) is 4.56. The molecule has 132 valence electrons. The van der Waals surface area contributed by atoms with Gasteiger partial charge < -0.3 is 4.90 Å². The minimum Gasteiger partial charge on any atom is -0.340 e. The van der Waals surface area contributed by atoms with E-state index in [2.05, 4.69) is 4.90 Å². The Morgan fingerprint density at radius 1 is 0.720 bits per heavy atom. The van der Waals surface area contributed by atoms with E-state index in [4.69, 9.17) is 0 Å². The van der Waals surface area contributed by atoms with Crippen molar-refractivity contribution in [2.75, 3.05) is 11.4 Å². The molecule has 0 saturated heterocycles. The molecule has 0 amide bonds. The molecule has 3 heteroatoms. The molecule has 2 aromatic rings. The van der Waals surface area contributed by atoms with Crippen molar-refractivity contribution in [2.24, 2.45) is 10.8 Å². The Morgan fingerprint density at radius 3 is 1.48 bits per heavy atom. The van der Waals surface area contributed by atoms with Crippen LogP contribution in [-0.4, -0.2) is 18.1 Å². The second kappa shape index (κ2) is 7.22. The van der Waals surface area contributed by atoms with Crippen LogP contribution < -0.4 is 4.90 Å². The highest BCUT2D eigenvalue weighted by molar-refractivity contribution is 6.40. The normalized spacial score (nSPS) is 11.9. The summed E-state index contributed by atoms with van der Waals surface area (Å²) in [6.45, 7) is 9.48. The van der Waals surface area contributed by atoms with Crippen LogP contribution in [0.25, 0.3) is 0 Å². The van der Waals surface area contributed by atoms with Crippen LogP contribution in [0.4, 0.5) is 11.4 Å². The maximum Gasteiger partial charge on any atom is 0.206 e. The topological polar surface area (TPSA) is 37.4 Å². The van der Waals surface area contributed by atoms with Crippen molar-refractivity contribution in [3.63, 3.8) is 0 Å². The molecule has 0 atom stereocenters. The zero-order valence-corrected chi connectivity index (χ0v) is 15.7. The summed E-state index contributed by atoms with van der Waals surface area (Å²) < 4.78 is 0. The molecule has 3 nitrogen and oxygen atoms in total. The third-order valence-corrected chi connectivity index (χ3v) is 4.19. The van der Waals surface area contributed by atoms with Gasteiger partial charge in [-0.15, -0.1) is 0 Å². The Kier molecular flexibility index (Phi) is 5.46. The average Bonchev–Trinajstić information content (AvgIpc) is 2.59. The second-order valence-electron chi connectivity index (χ2n) is 8.05. The molecule has 0 N–H and O–H groups in total. The molecule has 2 aromatic carbocycles. The van der Waals surface area contributed by atoms with Crippen molar-refractivity contribution in [3.8, 4) is 0 Å². The first-order valence-electron chi connectivity index (χ1n) is 8.60. The van der Waals surface area contributed by atoms with E-state index in [0.29, 0.717) is 6.54 Å². The lowest BCUT2D eigenvalue weighted by Crippen LogP contribution is -2.44. The fraction of sp³-hybridized carbons (Fsp3) is 0.364. The number of hydrogen-bond donors (Lipinski definition) is 0. The van der Waals surface area contributed by atoms with Crippen LogP contribution in [0.15, 0.2) is 60.7 Å². The summed E-state index contributed by atoms with van der Waals surface area (Å²) in [5.74, 6) is -0.643. The van der Waals surface area contributed by atoms with Crippen molar-refractivity contribution in [3.05, 3.63) is 60.7 Å². The van der Waals surface area contributed by atoms with Crippen molar-refractivity contribution in [1.82, 2.24) is 0 Å². The van der Waals surface area contributed by atoms with Crippen LogP contribution >= 0.6 is 0 Å². The van der Waals surface area contributed by atoms with Crippen LogP contribution in [0.1, 0.15) is 34.6 Å². The smallest absolute Gasteiger partial charge is 0.206 e. The lowest BCUT2D eigenvalue weighted by molar-refractivity contribution is -0.145. The maximum atomic E-state index is 12.8. The van der Waals surface area contributed by atoms with E-state index in [1.165, 1.54) is 0 Å². The van der Waals surface area contributed by atoms with Gasteiger partial charge in [0, 0.05) is 28.7 Å². The Hall–Kier alpha value is -2.42. The number of nitrogens with zero attached hydrogens (tertiary/aromatic N) is 1. The molecule has 0 bridgehead atoms. The monoisotopic (exact) mass is 337 g/mol. The van der Waals surface area contributed by atoms with Crippen molar-refractivity contribution >= 4 is 22.9 Å². The van der Waals surface area contributed by atoms with Gasteiger partial charge in [-0.1, -0.05) is 71.0 Å². The number of Topliss-reactive ketones (excluding diaryl/α,β-unsaturated/α-hetero) is 2. The number of para-hydroxylation sites is 2. The predicted molar refractivity (Wildman–Crippen MR) is 103 cm³/mol. The van der Waals surface area contributed by atoms with Gasteiger partial charge in [-0.25, -0.2) is 0 Å². The molecule has 25 heavy (non-hydrogen) atoms. The highest BCUT2D eigenvalue weighted by atomic mass is 16.2. The number of rotatable bonds is 6. The van der Waals surface area contributed by atoms with E-state index >= 15 is 0 Å². The summed E-state index contributed by atoms with van der Waals surface area (Å²) in [6, 6.07) is 19.9. The molecule has 0 fully saturated rings. The molecule has 0 radical (unpaired) electrons. The quantitative estimate of drug-likeness (QED) is 0.693. The van der Waals surface area contributed by atoms with Crippen LogP contribution in [0, 0.1) is 10.8 Å². The van der Waals surface area contributed by atoms with Crippen molar-refractivity contribution in [1.29, 1.82) is 0 Å². The zero-order chi connectivity index (χ0) is 18.7. The molecule has 0 spiro atoms. The van der Waals surface area contributed by atoms with Crippen molar-refractivity contribution in [2.45, 2.75) is 34.6 Å². The Balaban J connectivity index is 2.36. The fourth-order valence-electron chi connectivity index (χ4n) is 2.66. The van der Waals surface area contributed by atoms with Gasteiger partial charge >= 0.3 is 0 Å². The first-order valence-corrected chi connectivity index (χ1v) is 8.60. The molecule has 0 heterocycles. The maximum absolute atomic E-state index is 12.8. The molecule has 0 aliphatic carbocycles. The van der Waals surface area contributed by atoms with Gasteiger partial charge in [0.05, 0.1) is 0 Å². The number of hydrogen-bond acceptors (Lipinski definition) is 3. The molecule has 0 aliphatic heterocycles. The lowest BCUT2D eigenvalue weighted by atomic mass is 9.77. The second-order valence-corrected chi connectivity index (χ2v) is 8.05. The van der Waals surface area contributed by atoms with Gasteiger partial charge in [0.1, 0.15) is 0 Å². The van der Waals surface area contributed by atoms with Crippen LogP contribution in [0.5, 0.6) is 0 Å². The SMILES string of the molecule is CC(C)(C)C(=O)C(=O)C(C)(C)CN(c1ccccc1)c1ccccc1. The number of carbonyl (C=O) groups excluding carboxylic acids is 2. The van der Waals surface area contributed by atoms with Crippen LogP contribution in [-0.2, 0) is 9.59 Å². The largest absolute Gasteiger partial charge is 0.340 e. The minimum atomic E-state index is -0.796. The molecule has 0 unspecified atom stereocenters. The van der Waals surface area contributed by atoms with E-state index in [1.807, 2.05) is 74.5 Å². The molecule has 0 aliphatic rings. The van der Waals surface area contributed by atoms with E-state index in [1.54, 1.807) is 20.8 Å². The van der Waals surface area contributed by atoms with Gasteiger partial charge in [0.2, 0.25) is 11.6 Å². The highest BCUT2D eigenvalue weighted by Gasteiger charge is 2.39. The van der Waals surface area contributed by atoms with E-state index in [0.717, 1.165) is 11.4 Å². The number of anilines is 2. The summed E-state index contributed by atoms with van der Waals surface area (Å²) in [7, 11) is 0. The van der Waals surface area contributed by atoms with Crippen LogP contribution in [0.2, 0.25) is 0 Å². The predicted octanol–water partition coefficient (Wildman–Crippen LogP) is 5.04. The number of ketones is 2. The van der Waals surface area contributed by atoms with Gasteiger partial charge in [0.25, 0.3) is 0 Å². The van der Waals surface area contributed by atoms with Gasteiger partial charge in [-0.3, -0.25) is 9.59 Å². The third-order valence-electron chi connectivity index (χ3n) is 4.19. The summed E-state index contributed by atoms with van der Waals surface area (Å²) in [6.07, 6.45) is 0. The number of benzene rings is 2. The van der Waals surface area contributed by atoms with E-state index in [9.17, 15) is 9.59 Å². The minimum absolute atomic E-state index is 0.321. The fourth-order valence-corrected chi connectivity index (χ4v) is 2.66. The molecule has 2 rings (SSSR count). The van der Waals surface area contributed by atoms with E-state index in [-0.39, 0.29) is 11.6 Å². The molecular formula is C22H27NO2. The van der Waals surface area contributed by atoms with Gasteiger partial charge in [-0.2, -0.15) is 0 Å². The Morgan fingerprint density at radius 2 is 1.12 bits per heavy atom. The molecule has 0 aromatic heterocycles. The van der Waals surface area contributed by atoms with Crippen molar-refractivity contribution < 1.29 is 9.59 Å². The zero-order valence-electron chi connectivity index (χ0n) is 15.7. The molecule has 0 saturated carbocycles. The lowest BCUT2D eigenvalue weighted by Gasteiger charge is -2.34. The Bertz CT molecular complexity index is 688. The van der Waals surface area contributed by atoms with Gasteiger partial charge in [0.15, 0.2) is 0 Å². The Labute approximate surface area is 150 Å². The van der Waals surface area contributed by atoms with Crippen LogP contribution in [0.3, 0.4) is 0 Å². The van der Waals surface area contributed by atoms with Gasteiger partial charge in [-0.05, 0) is 24.3 Å². The summed E-state index contributed by atoms with van der Waals surface area (Å²) in [4.78, 5) is 27.4.